The van der Waals surface area contributed by atoms with Crippen molar-refractivity contribution in [1.29, 1.82) is 0 Å². The monoisotopic (exact) mass is 415 g/mol. The van der Waals surface area contributed by atoms with Crippen LogP contribution in [0, 0.1) is 6.92 Å². The van der Waals surface area contributed by atoms with Gasteiger partial charge in [-0.3, -0.25) is 4.79 Å². The van der Waals surface area contributed by atoms with Crippen LogP contribution in [0.4, 0.5) is 0 Å². The van der Waals surface area contributed by atoms with E-state index in [9.17, 15) is 18.0 Å². The highest BCUT2D eigenvalue weighted by atomic mass is 32.2. The topological polar surface area (TPSA) is 93.9 Å². The minimum atomic E-state index is -3.10. The summed E-state index contributed by atoms with van der Waals surface area (Å²) in [6, 6.07) is 11.2. The molecule has 0 unspecified atom stereocenters. The Morgan fingerprint density at radius 3 is 2.66 bits per heavy atom. The Balaban J connectivity index is 1.50. The highest BCUT2D eigenvalue weighted by Crippen LogP contribution is 2.32. The quantitative estimate of drug-likeness (QED) is 0.608. The zero-order valence-electron chi connectivity index (χ0n) is 16.2. The van der Waals surface area contributed by atoms with Gasteiger partial charge in [-0.15, -0.1) is 0 Å². The highest BCUT2D eigenvalue weighted by Gasteiger charge is 2.33. The van der Waals surface area contributed by atoms with Gasteiger partial charge in [0.2, 0.25) is 5.76 Å². The smallest absolute Gasteiger partial charge is 0.375 e. The number of likely N-dealkylation sites (N-methyl/N-ethyl adjacent to an activating group) is 1. The van der Waals surface area contributed by atoms with E-state index < -0.39 is 28.3 Å². The third-order valence-electron chi connectivity index (χ3n) is 5.49. The van der Waals surface area contributed by atoms with Crippen LogP contribution in [-0.2, 0) is 19.4 Å². The van der Waals surface area contributed by atoms with E-state index in [1.54, 1.807) is 6.92 Å². The van der Waals surface area contributed by atoms with Crippen molar-refractivity contribution in [3.05, 3.63) is 47.7 Å². The first-order valence-corrected chi connectivity index (χ1v) is 11.1. The number of aryl methyl sites for hydroxylation is 1. The van der Waals surface area contributed by atoms with Crippen LogP contribution in [0.2, 0.25) is 0 Å². The average molecular weight is 415 g/mol. The Kier molecular flexibility index (Phi) is 4.82. The first kappa shape index (κ1) is 19.4. The molecular formula is C21H21NO6S. The summed E-state index contributed by atoms with van der Waals surface area (Å²) < 4.78 is 34.2. The van der Waals surface area contributed by atoms with Gasteiger partial charge in [0.05, 0.1) is 11.5 Å². The van der Waals surface area contributed by atoms with E-state index >= 15 is 0 Å². The summed E-state index contributed by atoms with van der Waals surface area (Å²) in [5.41, 5.74) is 1.26. The first-order valence-electron chi connectivity index (χ1n) is 9.31. The maximum absolute atomic E-state index is 12.5. The number of carbonyl (C=O) groups excluding carboxylic acids is 2. The van der Waals surface area contributed by atoms with Gasteiger partial charge >= 0.3 is 5.97 Å². The zero-order valence-corrected chi connectivity index (χ0v) is 17.0. The van der Waals surface area contributed by atoms with Crippen LogP contribution in [0.3, 0.4) is 0 Å². The Labute approximate surface area is 168 Å². The summed E-state index contributed by atoms with van der Waals surface area (Å²) in [7, 11) is -1.58. The van der Waals surface area contributed by atoms with E-state index in [0.29, 0.717) is 17.6 Å². The summed E-state index contributed by atoms with van der Waals surface area (Å²) >= 11 is 0. The molecule has 4 rings (SSSR count). The lowest BCUT2D eigenvalue weighted by Crippen LogP contribution is -2.40. The number of nitrogens with zero attached hydrogens (tertiary/aromatic N) is 1. The largest absolute Gasteiger partial charge is 0.450 e. The Morgan fingerprint density at radius 2 is 1.93 bits per heavy atom. The van der Waals surface area contributed by atoms with E-state index in [4.69, 9.17) is 9.15 Å². The van der Waals surface area contributed by atoms with Crippen LogP contribution in [0.25, 0.3) is 21.7 Å². The molecule has 1 aliphatic rings. The van der Waals surface area contributed by atoms with Crippen LogP contribution >= 0.6 is 0 Å². The molecule has 8 heteroatoms. The van der Waals surface area contributed by atoms with Crippen LogP contribution in [0.1, 0.15) is 22.5 Å². The highest BCUT2D eigenvalue weighted by molar-refractivity contribution is 7.91. The molecule has 7 nitrogen and oxygen atoms in total. The van der Waals surface area contributed by atoms with Crippen LogP contribution < -0.4 is 0 Å². The maximum Gasteiger partial charge on any atom is 0.375 e. The third-order valence-corrected chi connectivity index (χ3v) is 7.24. The average Bonchev–Trinajstić information content (AvgIpc) is 3.24. The number of hydrogen-bond donors (Lipinski definition) is 0. The number of sulfone groups is 1. The summed E-state index contributed by atoms with van der Waals surface area (Å²) in [5.74, 6) is -1.08. The Hall–Kier alpha value is -2.87. The van der Waals surface area contributed by atoms with Crippen molar-refractivity contribution < 1.29 is 27.2 Å². The van der Waals surface area contributed by atoms with Crippen molar-refractivity contribution in [2.45, 2.75) is 19.4 Å². The van der Waals surface area contributed by atoms with Gasteiger partial charge in [-0.2, -0.15) is 0 Å². The molecule has 0 saturated carbocycles. The molecule has 2 heterocycles. The molecule has 0 bridgehead atoms. The van der Waals surface area contributed by atoms with Gasteiger partial charge in [-0.05, 0) is 18.7 Å². The second kappa shape index (κ2) is 7.18. The standard InChI is InChI=1S/C21H21NO6S/c1-13-16-8-7-14-5-3-4-6-17(14)20(16)28-19(13)21(24)27-11-18(23)22(2)15-9-10-29(25,26)12-15/h3-8,15H,9-12H2,1-2H3/t15-/m0/s1. The van der Waals surface area contributed by atoms with Crippen molar-refractivity contribution in [2.24, 2.45) is 0 Å². The van der Waals surface area contributed by atoms with E-state index in [1.807, 2.05) is 36.4 Å². The predicted octanol–water partition coefficient (Wildman–Crippen LogP) is 2.70. The summed E-state index contributed by atoms with van der Waals surface area (Å²) in [5, 5.41) is 2.71. The number of benzene rings is 2. The van der Waals surface area contributed by atoms with E-state index in [1.165, 1.54) is 11.9 Å². The van der Waals surface area contributed by atoms with Gasteiger partial charge in [-0.1, -0.05) is 36.4 Å². The molecule has 1 aliphatic heterocycles. The second-order valence-corrected chi connectivity index (χ2v) is 9.59. The molecular weight excluding hydrogens is 394 g/mol. The molecule has 0 radical (unpaired) electrons. The van der Waals surface area contributed by atoms with Gasteiger partial charge in [0.1, 0.15) is 5.58 Å². The Bertz CT molecular complexity index is 1230. The molecule has 0 N–H and O–H groups in total. The van der Waals surface area contributed by atoms with Gasteiger partial charge < -0.3 is 14.1 Å². The number of fused-ring (bicyclic) bond motifs is 3. The minimum Gasteiger partial charge on any atom is -0.450 e. The molecule has 1 atom stereocenters. The maximum atomic E-state index is 12.5. The molecule has 29 heavy (non-hydrogen) atoms. The molecule has 1 saturated heterocycles. The van der Waals surface area contributed by atoms with Crippen LogP contribution in [0.15, 0.2) is 40.8 Å². The molecule has 152 valence electrons. The third kappa shape index (κ3) is 3.60. The SMILES string of the molecule is Cc1c(C(=O)OCC(=O)N(C)[C@H]2CCS(=O)(=O)C2)oc2c1ccc1ccccc12. The van der Waals surface area contributed by atoms with Gasteiger partial charge in [0.15, 0.2) is 16.4 Å². The van der Waals surface area contributed by atoms with E-state index in [2.05, 4.69) is 0 Å². The van der Waals surface area contributed by atoms with E-state index in [-0.39, 0.29) is 23.3 Å². The molecule has 1 aromatic heterocycles. The fourth-order valence-electron chi connectivity index (χ4n) is 3.72. The lowest BCUT2D eigenvalue weighted by Gasteiger charge is -2.23. The lowest BCUT2D eigenvalue weighted by molar-refractivity contribution is -0.134. The molecule has 1 amide bonds. The summed E-state index contributed by atoms with van der Waals surface area (Å²) in [6.07, 6.45) is 0.397. The van der Waals surface area contributed by atoms with Crippen molar-refractivity contribution in [3.8, 4) is 0 Å². The number of esters is 1. The number of hydrogen-bond acceptors (Lipinski definition) is 6. The van der Waals surface area contributed by atoms with Gasteiger partial charge in [0.25, 0.3) is 5.91 Å². The van der Waals surface area contributed by atoms with Crippen molar-refractivity contribution >= 4 is 43.5 Å². The molecule has 3 aromatic rings. The lowest BCUT2D eigenvalue weighted by atomic mass is 10.1. The van der Waals surface area contributed by atoms with Crippen molar-refractivity contribution in [3.63, 3.8) is 0 Å². The predicted molar refractivity (Wildman–Crippen MR) is 109 cm³/mol. The van der Waals surface area contributed by atoms with Crippen molar-refractivity contribution in [2.75, 3.05) is 25.2 Å². The van der Waals surface area contributed by atoms with Crippen molar-refractivity contribution in [1.82, 2.24) is 4.90 Å². The number of ether oxygens (including phenoxy) is 1. The van der Waals surface area contributed by atoms with E-state index in [0.717, 1.165) is 16.2 Å². The number of furan rings is 1. The summed E-state index contributed by atoms with van der Waals surface area (Å²) in [6.45, 7) is 1.30. The molecule has 0 spiro atoms. The van der Waals surface area contributed by atoms with Crippen LogP contribution in [0.5, 0.6) is 0 Å². The second-order valence-electron chi connectivity index (χ2n) is 7.36. The van der Waals surface area contributed by atoms with Gasteiger partial charge in [-0.25, -0.2) is 13.2 Å². The normalized spacial score (nSPS) is 18.2. The molecule has 1 fully saturated rings. The zero-order chi connectivity index (χ0) is 20.8. The fraction of sp³-hybridized carbons (Fsp3) is 0.333. The number of carbonyl (C=O) groups is 2. The molecule has 0 aliphatic carbocycles. The van der Waals surface area contributed by atoms with Crippen LogP contribution in [-0.4, -0.2) is 56.4 Å². The van der Waals surface area contributed by atoms with Gasteiger partial charge in [0, 0.05) is 29.4 Å². The minimum absolute atomic E-state index is 0.0566. The summed E-state index contributed by atoms with van der Waals surface area (Å²) in [4.78, 5) is 26.2. The fourth-order valence-corrected chi connectivity index (χ4v) is 5.50. The Morgan fingerprint density at radius 1 is 1.17 bits per heavy atom. The number of rotatable bonds is 4. The molecule has 2 aromatic carbocycles. The first-order chi connectivity index (χ1) is 13.8. The number of amides is 1.